The van der Waals surface area contributed by atoms with Crippen LogP contribution >= 0.6 is 0 Å². The van der Waals surface area contributed by atoms with Gasteiger partial charge in [-0.05, 0) is 42.0 Å². The molecule has 0 N–H and O–H groups in total. The van der Waals surface area contributed by atoms with Gasteiger partial charge in [0, 0.05) is 12.0 Å². The van der Waals surface area contributed by atoms with E-state index in [-0.39, 0.29) is 17.7 Å². The van der Waals surface area contributed by atoms with Crippen molar-refractivity contribution in [2.45, 2.75) is 12.5 Å². The molecule has 166 valence electrons. The minimum atomic E-state index is -0.351. The number of rotatable bonds is 7. The number of hydrogen-bond donors (Lipinski definition) is 0. The van der Waals surface area contributed by atoms with Crippen molar-refractivity contribution in [3.8, 4) is 23.0 Å². The van der Waals surface area contributed by atoms with Crippen molar-refractivity contribution in [2.24, 2.45) is 5.10 Å². The molecule has 3 aromatic rings. The minimum Gasteiger partial charge on any atom is -0.497 e. The summed E-state index contributed by atoms with van der Waals surface area (Å²) in [7, 11) is 6.27. The van der Waals surface area contributed by atoms with E-state index in [2.05, 4.69) is 0 Å². The van der Waals surface area contributed by atoms with Crippen LogP contribution < -0.4 is 18.9 Å². The molecule has 0 saturated carbocycles. The number of benzene rings is 2. The second-order valence-corrected chi connectivity index (χ2v) is 7.05. The molecule has 0 saturated heterocycles. The number of hydrogen-bond acceptors (Lipinski definition) is 7. The van der Waals surface area contributed by atoms with Gasteiger partial charge in [0.2, 0.25) is 5.75 Å². The smallest absolute Gasteiger partial charge is 0.310 e. The summed E-state index contributed by atoms with van der Waals surface area (Å²) in [6, 6.07) is 14.2. The normalized spacial score (nSPS) is 15.3. The van der Waals surface area contributed by atoms with E-state index in [1.807, 2.05) is 30.3 Å². The summed E-state index contributed by atoms with van der Waals surface area (Å²) in [6.07, 6.45) is 1.93. The first kappa shape index (κ1) is 21.3. The number of methoxy groups -OCH3 is 4. The first-order chi connectivity index (χ1) is 15.6. The van der Waals surface area contributed by atoms with Gasteiger partial charge in [-0.15, -0.1) is 0 Å². The number of ether oxygens (including phenoxy) is 4. The summed E-state index contributed by atoms with van der Waals surface area (Å²) in [6.45, 7) is 0. The first-order valence-electron chi connectivity index (χ1n) is 9.99. The van der Waals surface area contributed by atoms with E-state index in [0.29, 0.717) is 40.7 Å². The quantitative estimate of drug-likeness (QED) is 0.549. The molecule has 2 aromatic carbocycles. The molecule has 1 aliphatic rings. The van der Waals surface area contributed by atoms with Gasteiger partial charge in [0.15, 0.2) is 17.3 Å². The molecule has 4 rings (SSSR count). The van der Waals surface area contributed by atoms with Crippen LogP contribution in [-0.2, 0) is 0 Å². The molecule has 8 nitrogen and oxygen atoms in total. The molecule has 0 spiro atoms. The van der Waals surface area contributed by atoms with Crippen LogP contribution in [0.1, 0.15) is 34.1 Å². The Bertz CT molecular complexity index is 1140. The number of nitrogens with zero attached hydrogens (tertiary/aromatic N) is 2. The van der Waals surface area contributed by atoms with Gasteiger partial charge in [-0.25, -0.2) is 5.01 Å². The van der Waals surface area contributed by atoms with Crippen molar-refractivity contribution in [1.29, 1.82) is 0 Å². The van der Waals surface area contributed by atoms with Crippen LogP contribution in [0.4, 0.5) is 0 Å². The van der Waals surface area contributed by atoms with Crippen LogP contribution in [0.5, 0.6) is 23.0 Å². The van der Waals surface area contributed by atoms with Crippen molar-refractivity contribution < 1.29 is 28.2 Å². The molecule has 1 aliphatic heterocycles. The molecule has 0 unspecified atom stereocenters. The van der Waals surface area contributed by atoms with Crippen LogP contribution in [0.2, 0.25) is 0 Å². The summed E-state index contributed by atoms with van der Waals surface area (Å²) in [5.74, 6) is 2.07. The molecule has 1 aromatic heterocycles. The monoisotopic (exact) mass is 436 g/mol. The zero-order valence-electron chi connectivity index (χ0n) is 18.3. The first-order valence-corrected chi connectivity index (χ1v) is 9.99. The molecule has 1 amide bonds. The zero-order valence-corrected chi connectivity index (χ0v) is 18.3. The van der Waals surface area contributed by atoms with E-state index >= 15 is 0 Å². The Morgan fingerprint density at radius 1 is 0.969 bits per heavy atom. The lowest BCUT2D eigenvalue weighted by atomic mass is 9.97. The maximum absolute atomic E-state index is 13.2. The number of carbonyl (C=O) groups is 1. The second-order valence-electron chi connectivity index (χ2n) is 7.05. The SMILES string of the molecule is COc1cccc([C@H]2CC(c3ccc(OC)c(OC)c3OC)=NN2C(=O)c2ccco2)c1. The lowest BCUT2D eigenvalue weighted by Gasteiger charge is -2.21. The number of hydrazone groups is 1. The highest BCUT2D eigenvalue weighted by molar-refractivity contribution is 6.07. The molecule has 0 fully saturated rings. The molecular formula is C24H24N2O6. The van der Waals surface area contributed by atoms with Crippen LogP contribution in [-0.4, -0.2) is 45.1 Å². The fraction of sp³-hybridized carbons (Fsp3) is 0.250. The van der Waals surface area contributed by atoms with Crippen molar-refractivity contribution in [2.75, 3.05) is 28.4 Å². The van der Waals surface area contributed by atoms with Crippen molar-refractivity contribution in [3.63, 3.8) is 0 Å². The number of furan rings is 1. The average Bonchev–Trinajstić information content (AvgIpc) is 3.53. The fourth-order valence-electron chi connectivity index (χ4n) is 3.81. The van der Waals surface area contributed by atoms with E-state index in [0.717, 1.165) is 5.56 Å². The number of amides is 1. The van der Waals surface area contributed by atoms with Crippen molar-refractivity contribution >= 4 is 11.6 Å². The highest BCUT2D eigenvalue weighted by Gasteiger charge is 2.36. The van der Waals surface area contributed by atoms with Gasteiger partial charge in [0.25, 0.3) is 0 Å². The van der Waals surface area contributed by atoms with Crippen LogP contribution in [0.3, 0.4) is 0 Å². The Hall–Kier alpha value is -3.94. The Balaban J connectivity index is 1.80. The molecule has 0 radical (unpaired) electrons. The highest BCUT2D eigenvalue weighted by atomic mass is 16.5. The minimum absolute atomic E-state index is 0.210. The highest BCUT2D eigenvalue weighted by Crippen LogP contribution is 2.43. The molecule has 0 bridgehead atoms. The van der Waals surface area contributed by atoms with Gasteiger partial charge in [-0.3, -0.25) is 4.79 Å². The predicted molar refractivity (Wildman–Crippen MR) is 118 cm³/mol. The van der Waals surface area contributed by atoms with Gasteiger partial charge in [-0.2, -0.15) is 5.10 Å². The average molecular weight is 436 g/mol. The molecule has 8 heteroatoms. The van der Waals surface area contributed by atoms with Gasteiger partial charge < -0.3 is 23.4 Å². The standard InChI is InChI=1S/C24H24N2O6/c1-28-16-8-5-7-15(13-16)19-14-18(25-26(19)24(27)21-9-6-12-32-21)17-10-11-20(29-2)23(31-4)22(17)30-3/h5-13,19H,14H2,1-4H3/t19-/m1/s1. The van der Waals surface area contributed by atoms with Gasteiger partial charge in [0.05, 0.1) is 46.5 Å². The maximum atomic E-state index is 13.2. The van der Waals surface area contributed by atoms with Gasteiger partial charge >= 0.3 is 5.91 Å². The topological polar surface area (TPSA) is 82.7 Å². The molecular weight excluding hydrogens is 412 g/mol. The summed E-state index contributed by atoms with van der Waals surface area (Å²) in [4.78, 5) is 13.2. The van der Waals surface area contributed by atoms with Crippen molar-refractivity contribution in [3.05, 3.63) is 71.7 Å². The Kier molecular flexibility index (Phi) is 6.02. The third-order valence-corrected chi connectivity index (χ3v) is 5.34. The lowest BCUT2D eigenvalue weighted by molar-refractivity contribution is 0.0678. The van der Waals surface area contributed by atoms with Crippen LogP contribution in [0, 0.1) is 0 Å². The van der Waals surface area contributed by atoms with E-state index in [1.54, 1.807) is 46.6 Å². The summed E-state index contributed by atoms with van der Waals surface area (Å²) in [5, 5.41) is 6.13. The van der Waals surface area contributed by atoms with Gasteiger partial charge in [0.1, 0.15) is 5.75 Å². The Labute approximate surface area is 185 Å². The largest absolute Gasteiger partial charge is 0.497 e. The van der Waals surface area contributed by atoms with Crippen molar-refractivity contribution in [1.82, 2.24) is 5.01 Å². The third-order valence-electron chi connectivity index (χ3n) is 5.34. The zero-order chi connectivity index (χ0) is 22.7. The summed E-state index contributed by atoms with van der Waals surface area (Å²) < 4.78 is 27.3. The van der Waals surface area contributed by atoms with Gasteiger partial charge in [-0.1, -0.05) is 12.1 Å². The predicted octanol–water partition coefficient (Wildman–Crippen LogP) is 4.31. The Morgan fingerprint density at radius 3 is 2.44 bits per heavy atom. The maximum Gasteiger partial charge on any atom is 0.310 e. The Morgan fingerprint density at radius 2 is 1.78 bits per heavy atom. The van der Waals surface area contributed by atoms with E-state index in [1.165, 1.54) is 11.3 Å². The summed E-state index contributed by atoms with van der Waals surface area (Å²) >= 11 is 0. The van der Waals surface area contributed by atoms with Crippen LogP contribution in [0.25, 0.3) is 0 Å². The third kappa shape index (κ3) is 3.75. The number of carbonyl (C=O) groups excluding carboxylic acids is 1. The van der Waals surface area contributed by atoms with E-state index < -0.39 is 0 Å². The van der Waals surface area contributed by atoms with E-state index in [9.17, 15) is 4.79 Å². The van der Waals surface area contributed by atoms with E-state index in [4.69, 9.17) is 28.5 Å². The second kappa shape index (κ2) is 9.05. The molecule has 2 heterocycles. The molecule has 1 atom stereocenters. The molecule has 0 aliphatic carbocycles. The lowest BCUT2D eigenvalue weighted by Crippen LogP contribution is -2.26. The molecule has 32 heavy (non-hydrogen) atoms. The summed E-state index contributed by atoms with van der Waals surface area (Å²) in [5.41, 5.74) is 2.28. The fourth-order valence-corrected chi connectivity index (χ4v) is 3.81. The van der Waals surface area contributed by atoms with Crippen LogP contribution in [0.15, 0.2) is 64.3 Å².